The molecule has 1 aliphatic rings. The highest BCUT2D eigenvalue weighted by Crippen LogP contribution is 2.31. The number of thiazole rings is 1. The number of ether oxygens (including phenoxy) is 3. The first-order chi connectivity index (χ1) is 15.5. The molecule has 0 spiro atoms. The number of nitrogens with one attached hydrogen (secondary N) is 1. The SMILES string of the molecule is Cc1nc(COc2ccc(F)cc2)sc1C(=O)OCC(=O)NC1CCOc2ccccc21. The summed E-state index contributed by atoms with van der Waals surface area (Å²) in [7, 11) is 0. The van der Waals surface area contributed by atoms with E-state index in [0.717, 1.165) is 22.6 Å². The van der Waals surface area contributed by atoms with Crippen LogP contribution in [-0.4, -0.2) is 30.1 Å². The molecular weight excluding hydrogens is 435 g/mol. The number of aromatic nitrogens is 1. The lowest BCUT2D eigenvalue weighted by Gasteiger charge is -2.26. The van der Waals surface area contributed by atoms with Gasteiger partial charge in [-0.05, 0) is 37.3 Å². The highest BCUT2D eigenvalue weighted by molar-refractivity contribution is 7.13. The third-order valence-electron chi connectivity index (χ3n) is 4.83. The van der Waals surface area contributed by atoms with Crippen LogP contribution in [0.4, 0.5) is 4.39 Å². The van der Waals surface area contributed by atoms with Gasteiger partial charge in [-0.1, -0.05) is 18.2 Å². The van der Waals surface area contributed by atoms with Crippen molar-refractivity contribution in [3.63, 3.8) is 0 Å². The Hall–Kier alpha value is -3.46. The molecule has 0 radical (unpaired) electrons. The van der Waals surface area contributed by atoms with Crippen LogP contribution in [0.3, 0.4) is 0 Å². The molecule has 1 aromatic heterocycles. The van der Waals surface area contributed by atoms with Crippen molar-refractivity contribution in [1.29, 1.82) is 0 Å². The lowest BCUT2D eigenvalue weighted by molar-refractivity contribution is -0.125. The molecular formula is C23H21FN2O5S. The second-order valence-electron chi connectivity index (χ2n) is 7.14. The number of nitrogens with zero attached hydrogens (tertiary/aromatic N) is 1. The number of aryl methyl sites for hydroxylation is 1. The fourth-order valence-corrected chi connectivity index (χ4v) is 4.18. The molecule has 32 heavy (non-hydrogen) atoms. The first-order valence-corrected chi connectivity index (χ1v) is 10.8. The smallest absolute Gasteiger partial charge is 0.350 e. The van der Waals surface area contributed by atoms with Crippen molar-refractivity contribution in [2.24, 2.45) is 0 Å². The van der Waals surface area contributed by atoms with Gasteiger partial charge < -0.3 is 19.5 Å². The number of para-hydroxylation sites is 1. The first-order valence-electron chi connectivity index (χ1n) is 10.0. The Morgan fingerprint density at radius 3 is 2.81 bits per heavy atom. The quantitative estimate of drug-likeness (QED) is 0.542. The summed E-state index contributed by atoms with van der Waals surface area (Å²) in [4.78, 5) is 29.4. The topological polar surface area (TPSA) is 86.8 Å². The van der Waals surface area contributed by atoms with Gasteiger partial charge in [-0.25, -0.2) is 14.2 Å². The van der Waals surface area contributed by atoms with Crippen LogP contribution in [0.1, 0.15) is 38.4 Å². The minimum atomic E-state index is -0.615. The van der Waals surface area contributed by atoms with Crippen LogP contribution < -0.4 is 14.8 Å². The normalized spacial score (nSPS) is 14.8. The summed E-state index contributed by atoms with van der Waals surface area (Å²) in [5, 5.41) is 3.46. The Morgan fingerprint density at radius 1 is 1.22 bits per heavy atom. The second-order valence-corrected chi connectivity index (χ2v) is 8.22. The minimum absolute atomic E-state index is 0.133. The molecule has 1 amide bonds. The fraction of sp³-hybridized carbons (Fsp3) is 0.261. The average Bonchev–Trinajstić information content (AvgIpc) is 3.18. The molecule has 3 aromatic rings. The summed E-state index contributed by atoms with van der Waals surface area (Å²) < 4.78 is 29.3. The maximum Gasteiger partial charge on any atom is 0.350 e. The summed E-state index contributed by atoms with van der Waals surface area (Å²) in [6, 6.07) is 13.0. The Morgan fingerprint density at radius 2 is 2.00 bits per heavy atom. The lowest BCUT2D eigenvalue weighted by Crippen LogP contribution is -2.35. The van der Waals surface area contributed by atoms with Crippen molar-refractivity contribution in [3.05, 3.63) is 75.5 Å². The van der Waals surface area contributed by atoms with Gasteiger partial charge in [-0.3, -0.25) is 4.79 Å². The summed E-state index contributed by atoms with van der Waals surface area (Å²) in [5.41, 5.74) is 1.40. The average molecular weight is 456 g/mol. The van der Waals surface area contributed by atoms with Crippen LogP contribution in [0.25, 0.3) is 0 Å². The van der Waals surface area contributed by atoms with E-state index in [1.165, 1.54) is 24.3 Å². The molecule has 7 nitrogen and oxygen atoms in total. The summed E-state index contributed by atoms with van der Waals surface area (Å²) in [6.07, 6.45) is 0.641. The number of carbonyl (C=O) groups is 2. The van der Waals surface area contributed by atoms with Gasteiger partial charge in [0, 0.05) is 12.0 Å². The predicted octanol–water partition coefficient (Wildman–Crippen LogP) is 3.97. The number of hydrogen-bond acceptors (Lipinski definition) is 7. The van der Waals surface area contributed by atoms with Crippen molar-refractivity contribution >= 4 is 23.2 Å². The second kappa shape index (κ2) is 9.78. The standard InChI is InChI=1S/C23H21FN2O5S/c1-14-22(32-21(25-14)13-30-16-8-6-15(24)7-9-16)23(28)31-12-20(27)26-18-10-11-29-19-5-3-2-4-17(18)19/h2-9,18H,10-13H2,1H3,(H,26,27). The lowest BCUT2D eigenvalue weighted by atomic mass is 10.0. The van der Waals surface area contributed by atoms with Crippen LogP contribution in [-0.2, 0) is 16.1 Å². The van der Waals surface area contributed by atoms with Crippen molar-refractivity contribution in [2.75, 3.05) is 13.2 Å². The number of amides is 1. The number of benzene rings is 2. The summed E-state index contributed by atoms with van der Waals surface area (Å²) >= 11 is 1.14. The van der Waals surface area contributed by atoms with Gasteiger partial charge in [-0.2, -0.15) is 0 Å². The van der Waals surface area contributed by atoms with E-state index in [1.807, 2.05) is 24.3 Å². The number of fused-ring (bicyclic) bond motifs is 1. The molecule has 1 atom stereocenters. The highest BCUT2D eigenvalue weighted by atomic mass is 32.1. The van der Waals surface area contributed by atoms with Gasteiger partial charge in [0.2, 0.25) is 0 Å². The van der Waals surface area contributed by atoms with E-state index in [9.17, 15) is 14.0 Å². The van der Waals surface area contributed by atoms with Crippen molar-refractivity contribution in [1.82, 2.24) is 10.3 Å². The molecule has 9 heteroatoms. The van der Waals surface area contributed by atoms with Gasteiger partial charge in [0.05, 0.1) is 18.3 Å². The molecule has 0 bridgehead atoms. The van der Waals surface area contributed by atoms with E-state index in [-0.39, 0.29) is 24.4 Å². The monoisotopic (exact) mass is 456 g/mol. The molecule has 0 saturated heterocycles. The van der Waals surface area contributed by atoms with E-state index in [1.54, 1.807) is 6.92 Å². The van der Waals surface area contributed by atoms with E-state index < -0.39 is 12.6 Å². The van der Waals surface area contributed by atoms with Gasteiger partial charge >= 0.3 is 5.97 Å². The first kappa shape index (κ1) is 21.8. The molecule has 0 fully saturated rings. The zero-order chi connectivity index (χ0) is 22.5. The molecule has 0 saturated carbocycles. The molecule has 1 aliphatic heterocycles. The van der Waals surface area contributed by atoms with E-state index >= 15 is 0 Å². The summed E-state index contributed by atoms with van der Waals surface area (Å²) in [5.74, 6) is -0.110. The van der Waals surface area contributed by atoms with Gasteiger partial charge in [0.25, 0.3) is 5.91 Å². The minimum Gasteiger partial charge on any atom is -0.493 e. The highest BCUT2D eigenvalue weighted by Gasteiger charge is 2.24. The third kappa shape index (κ3) is 5.23. The molecule has 2 heterocycles. The number of carbonyl (C=O) groups excluding carboxylic acids is 2. The van der Waals surface area contributed by atoms with Crippen molar-refractivity contribution < 1.29 is 28.2 Å². The predicted molar refractivity (Wildman–Crippen MR) is 115 cm³/mol. The summed E-state index contributed by atoms with van der Waals surface area (Å²) in [6.45, 7) is 1.93. The van der Waals surface area contributed by atoms with Gasteiger partial charge in [0.15, 0.2) is 6.61 Å². The van der Waals surface area contributed by atoms with Crippen LogP contribution in [0.5, 0.6) is 11.5 Å². The zero-order valence-corrected chi connectivity index (χ0v) is 18.1. The Balaban J connectivity index is 1.29. The van der Waals surface area contributed by atoms with E-state index in [0.29, 0.717) is 34.4 Å². The van der Waals surface area contributed by atoms with Crippen molar-refractivity contribution in [2.45, 2.75) is 26.0 Å². The zero-order valence-electron chi connectivity index (χ0n) is 17.3. The Labute approximate surface area is 188 Å². The maximum atomic E-state index is 13.0. The number of hydrogen-bond donors (Lipinski definition) is 1. The molecule has 2 aromatic carbocycles. The number of rotatable bonds is 7. The number of esters is 1. The van der Waals surface area contributed by atoms with Gasteiger partial charge in [0.1, 0.15) is 33.8 Å². The van der Waals surface area contributed by atoms with Crippen LogP contribution >= 0.6 is 11.3 Å². The Bertz CT molecular complexity index is 1120. The third-order valence-corrected chi connectivity index (χ3v) is 5.94. The fourth-order valence-electron chi connectivity index (χ4n) is 3.30. The van der Waals surface area contributed by atoms with Crippen LogP contribution in [0.15, 0.2) is 48.5 Å². The molecule has 1 unspecified atom stereocenters. The van der Waals surface area contributed by atoms with Crippen LogP contribution in [0.2, 0.25) is 0 Å². The van der Waals surface area contributed by atoms with Crippen molar-refractivity contribution in [3.8, 4) is 11.5 Å². The molecule has 166 valence electrons. The van der Waals surface area contributed by atoms with Gasteiger partial charge in [-0.15, -0.1) is 11.3 Å². The largest absolute Gasteiger partial charge is 0.493 e. The molecule has 1 N–H and O–H groups in total. The maximum absolute atomic E-state index is 13.0. The van der Waals surface area contributed by atoms with E-state index in [4.69, 9.17) is 14.2 Å². The number of halogens is 1. The van der Waals surface area contributed by atoms with E-state index in [2.05, 4.69) is 10.3 Å². The molecule has 0 aliphatic carbocycles. The Kier molecular flexibility index (Phi) is 6.65. The molecule has 4 rings (SSSR count). The van der Waals surface area contributed by atoms with Crippen LogP contribution in [0, 0.1) is 12.7 Å².